The van der Waals surface area contributed by atoms with Gasteiger partial charge in [0.2, 0.25) is 0 Å². The molecule has 0 saturated carbocycles. The van der Waals surface area contributed by atoms with Crippen LogP contribution >= 0.6 is 0 Å². The van der Waals surface area contributed by atoms with Crippen LogP contribution in [0.3, 0.4) is 0 Å². The zero-order chi connectivity index (χ0) is 16.2. The predicted molar refractivity (Wildman–Crippen MR) is 97.0 cm³/mol. The summed E-state index contributed by atoms with van der Waals surface area (Å²) in [7, 11) is 0. The molecule has 2 heteroatoms. The molecule has 2 heterocycles. The Morgan fingerprint density at radius 3 is 2.58 bits per heavy atom. The summed E-state index contributed by atoms with van der Waals surface area (Å²) in [6, 6.07) is 23.7. The Bertz CT molecular complexity index is 764. The average molecular weight is 317 g/mol. The molecular formula is C22H23NO. The second-order valence-electron chi connectivity index (χ2n) is 6.65. The largest absolute Gasteiger partial charge is 0.469 e. The Kier molecular flexibility index (Phi) is 4.48. The van der Waals surface area contributed by atoms with Gasteiger partial charge < -0.3 is 4.42 Å². The summed E-state index contributed by atoms with van der Waals surface area (Å²) in [4.78, 5) is 2.59. The van der Waals surface area contributed by atoms with Crippen LogP contribution in [0.15, 0.2) is 77.4 Å². The van der Waals surface area contributed by atoms with Crippen LogP contribution in [-0.4, -0.2) is 18.0 Å². The smallest absolute Gasteiger partial charge is 0.104 e. The van der Waals surface area contributed by atoms with Crippen LogP contribution < -0.4 is 0 Å². The zero-order valence-electron chi connectivity index (χ0n) is 13.9. The fourth-order valence-electron chi connectivity index (χ4n) is 3.74. The monoisotopic (exact) mass is 317 g/mol. The van der Waals surface area contributed by atoms with Crippen molar-refractivity contribution in [3.05, 3.63) is 95.4 Å². The van der Waals surface area contributed by atoms with Gasteiger partial charge in [0.1, 0.15) is 5.76 Å². The van der Waals surface area contributed by atoms with E-state index in [1.165, 1.54) is 16.7 Å². The van der Waals surface area contributed by atoms with Crippen molar-refractivity contribution in [3.8, 4) is 0 Å². The summed E-state index contributed by atoms with van der Waals surface area (Å²) in [5, 5.41) is 0. The number of fused-ring (bicyclic) bond motifs is 1. The zero-order valence-corrected chi connectivity index (χ0v) is 13.9. The summed E-state index contributed by atoms with van der Waals surface area (Å²) in [5.74, 6) is 1.59. The Morgan fingerprint density at radius 2 is 1.75 bits per heavy atom. The van der Waals surface area contributed by atoms with Crippen molar-refractivity contribution in [2.75, 3.05) is 13.1 Å². The Hall–Kier alpha value is -2.32. The lowest BCUT2D eigenvalue weighted by molar-refractivity contribution is 0.228. The lowest BCUT2D eigenvalue weighted by atomic mass is 9.86. The number of benzene rings is 2. The van der Waals surface area contributed by atoms with Crippen molar-refractivity contribution < 1.29 is 4.42 Å². The third-order valence-corrected chi connectivity index (χ3v) is 4.95. The first kappa shape index (κ1) is 15.2. The molecular weight excluding hydrogens is 294 g/mol. The number of hydrogen-bond donors (Lipinski definition) is 0. The molecule has 1 aliphatic rings. The Morgan fingerprint density at radius 1 is 0.917 bits per heavy atom. The van der Waals surface area contributed by atoms with Gasteiger partial charge in [-0.25, -0.2) is 0 Å². The van der Waals surface area contributed by atoms with Gasteiger partial charge in [0, 0.05) is 32.0 Å². The molecule has 0 saturated heterocycles. The van der Waals surface area contributed by atoms with Crippen LogP contribution in [0.5, 0.6) is 0 Å². The van der Waals surface area contributed by atoms with Crippen molar-refractivity contribution >= 4 is 0 Å². The van der Waals surface area contributed by atoms with Crippen molar-refractivity contribution in [2.45, 2.75) is 25.3 Å². The summed E-state index contributed by atoms with van der Waals surface area (Å²) in [6.07, 6.45) is 3.86. The lowest BCUT2D eigenvalue weighted by Gasteiger charge is -2.34. The van der Waals surface area contributed by atoms with Gasteiger partial charge >= 0.3 is 0 Å². The molecule has 2 aromatic carbocycles. The molecule has 2 nitrogen and oxygen atoms in total. The molecule has 0 amide bonds. The minimum atomic E-state index is 0.511. The molecule has 1 unspecified atom stereocenters. The van der Waals surface area contributed by atoms with E-state index >= 15 is 0 Å². The van der Waals surface area contributed by atoms with E-state index in [0.29, 0.717) is 5.92 Å². The highest BCUT2D eigenvalue weighted by molar-refractivity contribution is 5.33. The highest BCUT2D eigenvalue weighted by Gasteiger charge is 2.25. The first-order chi connectivity index (χ1) is 11.9. The second kappa shape index (κ2) is 7.06. The average Bonchev–Trinajstić information content (AvgIpc) is 3.14. The van der Waals surface area contributed by atoms with Gasteiger partial charge in [-0.3, -0.25) is 4.90 Å². The maximum Gasteiger partial charge on any atom is 0.104 e. The lowest BCUT2D eigenvalue weighted by Crippen LogP contribution is -2.35. The molecule has 0 aliphatic carbocycles. The molecule has 0 fully saturated rings. The van der Waals surface area contributed by atoms with Gasteiger partial charge in [0.15, 0.2) is 0 Å². The SMILES string of the molecule is c1ccc(CCN2Cc3ccccc3C(Cc3ccco3)C2)cc1. The number of hydrogen-bond acceptors (Lipinski definition) is 2. The van der Waals surface area contributed by atoms with Crippen LogP contribution in [0.1, 0.15) is 28.4 Å². The van der Waals surface area contributed by atoms with E-state index < -0.39 is 0 Å². The molecule has 1 aliphatic heterocycles. The highest BCUT2D eigenvalue weighted by Crippen LogP contribution is 2.31. The molecule has 122 valence electrons. The maximum absolute atomic E-state index is 5.60. The number of nitrogens with zero attached hydrogens (tertiary/aromatic N) is 1. The van der Waals surface area contributed by atoms with E-state index in [2.05, 4.69) is 65.6 Å². The topological polar surface area (TPSA) is 16.4 Å². The summed E-state index contributed by atoms with van der Waals surface area (Å²) in [5.41, 5.74) is 4.37. The Labute approximate surface area is 143 Å². The van der Waals surface area contributed by atoms with Gasteiger partial charge in [0.25, 0.3) is 0 Å². The maximum atomic E-state index is 5.60. The van der Waals surface area contributed by atoms with Crippen molar-refractivity contribution in [2.24, 2.45) is 0 Å². The molecule has 0 bridgehead atoms. The molecule has 3 aromatic rings. The predicted octanol–water partition coefficient (Wildman–Crippen LogP) is 4.66. The standard InChI is InChI=1S/C22H23NO/c1-2-7-18(8-3-1)12-13-23-16-19-9-4-5-11-22(19)20(17-23)15-21-10-6-14-24-21/h1-11,14,20H,12-13,15-17H2. The van der Waals surface area contributed by atoms with Gasteiger partial charge in [-0.2, -0.15) is 0 Å². The third-order valence-electron chi connectivity index (χ3n) is 4.95. The van der Waals surface area contributed by atoms with Gasteiger partial charge in [-0.15, -0.1) is 0 Å². The van der Waals surface area contributed by atoms with E-state index in [4.69, 9.17) is 4.42 Å². The van der Waals surface area contributed by atoms with Crippen LogP contribution in [0.25, 0.3) is 0 Å². The number of furan rings is 1. The molecule has 0 N–H and O–H groups in total. The first-order valence-corrected chi connectivity index (χ1v) is 8.75. The van der Waals surface area contributed by atoms with Crippen LogP contribution in [0.4, 0.5) is 0 Å². The summed E-state index contributed by atoms with van der Waals surface area (Å²) >= 11 is 0. The van der Waals surface area contributed by atoms with Gasteiger partial charge in [0.05, 0.1) is 6.26 Å². The first-order valence-electron chi connectivity index (χ1n) is 8.75. The van der Waals surface area contributed by atoms with Crippen LogP contribution in [0.2, 0.25) is 0 Å². The summed E-state index contributed by atoms with van der Waals surface area (Å²) < 4.78 is 5.60. The van der Waals surface area contributed by atoms with Crippen LogP contribution in [-0.2, 0) is 19.4 Å². The molecule has 24 heavy (non-hydrogen) atoms. The fourth-order valence-corrected chi connectivity index (χ4v) is 3.74. The van der Waals surface area contributed by atoms with E-state index in [-0.39, 0.29) is 0 Å². The normalized spacial score (nSPS) is 17.6. The van der Waals surface area contributed by atoms with Crippen LogP contribution in [0, 0.1) is 0 Å². The fraction of sp³-hybridized carbons (Fsp3) is 0.273. The minimum absolute atomic E-state index is 0.511. The van der Waals surface area contributed by atoms with E-state index in [9.17, 15) is 0 Å². The van der Waals surface area contributed by atoms with Gasteiger partial charge in [-0.1, -0.05) is 54.6 Å². The van der Waals surface area contributed by atoms with Crippen molar-refractivity contribution in [1.82, 2.24) is 4.90 Å². The molecule has 4 rings (SSSR count). The molecule has 0 radical (unpaired) electrons. The third kappa shape index (κ3) is 3.44. The summed E-state index contributed by atoms with van der Waals surface area (Å²) in [6.45, 7) is 3.26. The second-order valence-corrected chi connectivity index (χ2v) is 6.65. The molecule has 0 spiro atoms. The Balaban J connectivity index is 1.49. The minimum Gasteiger partial charge on any atom is -0.469 e. The van der Waals surface area contributed by atoms with Crippen molar-refractivity contribution in [3.63, 3.8) is 0 Å². The van der Waals surface area contributed by atoms with Gasteiger partial charge in [-0.05, 0) is 35.2 Å². The van der Waals surface area contributed by atoms with Crippen molar-refractivity contribution in [1.29, 1.82) is 0 Å². The molecule has 1 atom stereocenters. The highest BCUT2D eigenvalue weighted by atomic mass is 16.3. The molecule has 1 aromatic heterocycles. The van der Waals surface area contributed by atoms with E-state index in [1.54, 1.807) is 6.26 Å². The quantitative estimate of drug-likeness (QED) is 0.680. The van der Waals surface area contributed by atoms with E-state index in [0.717, 1.165) is 38.2 Å². The van der Waals surface area contributed by atoms with E-state index in [1.807, 2.05) is 6.07 Å². The number of rotatable bonds is 5.